The number of likely N-dealkylation sites (tertiary alicyclic amines) is 1. The first-order valence-electron chi connectivity index (χ1n) is 9.64. The molecule has 0 spiro atoms. The average molecular weight is 504 g/mol. The van der Waals surface area contributed by atoms with Crippen LogP contribution < -0.4 is 5.32 Å². The summed E-state index contributed by atoms with van der Waals surface area (Å²) < 4.78 is 20.3. The first kappa shape index (κ1) is 23.0. The third-order valence-corrected chi connectivity index (χ3v) is 6.25. The molecular weight excluding hydrogens is 479 g/mol. The van der Waals surface area contributed by atoms with Gasteiger partial charge in [-0.25, -0.2) is 19.2 Å². The van der Waals surface area contributed by atoms with Crippen molar-refractivity contribution >= 4 is 50.3 Å². The van der Waals surface area contributed by atoms with Crippen LogP contribution in [-0.4, -0.2) is 56.4 Å². The molecule has 1 fully saturated rings. The Labute approximate surface area is 188 Å². The van der Waals surface area contributed by atoms with Crippen LogP contribution >= 0.6 is 27.5 Å². The Morgan fingerprint density at radius 1 is 1.47 bits per heavy atom. The Bertz CT molecular complexity index is 985. The summed E-state index contributed by atoms with van der Waals surface area (Å²) in [7, 11) is 0. The molecule has 0 saturated carbocycles. The number of nitrogens with zero attached hydrogens (tertiary/aromatic N) is 3. The highest BCUT2D eigenvalue weighted by atomic mass is 79.9. The van der Waals surface area contributed by atoms with Gasteiger partial charge in [0, 0.05) is 11.9 Å². The van der Waals surface area contributed by atoms with Crippen LogP contribution in [0.3, 0.4) is 0 Å². The number of aryl methyl sites for hydroxylation is 1. The third kappa shape index (κ3) is 4.63. The zero-order valence-corrected chi connectivity index (χ0v) is 19.8. The van der Waals surface area contributed by atoms with Crippen LogP contribution in [0.4, 0.5) is 15.0 Å². The minimum absolute atomic E-state index is 0.143. The molecule has 1 aliphatic heterocycles. The van der Waals surface area contributed by atoms with Gasteiger partial charge in [-0.15, -0.1) is 0 Å². The van der Waals surface area contributed by atoms with Gasteiger partial charge in [0.15, 0.2) is 5.82 Å². The number of carbonyl (C=O) groups is 1. The van der Waals surface area contributed by atoms with Gasteiger partial charge in [0.1, 0.15) is 22.8 Å². The predicted octanol–water partition coefficient (Wildman–Crippen LogP) is 4.66. The topological polar surface area (TPSA) is 87.6 Å². The van der Waals surface area contributed by atoms with Crippen LogP contribution in [0, 0.1) is 12.7 Å². The fourth-order valence-electron chi connectivity index (χ4n) is 3.55. The Balaban J connectivity index is 1.88. The highest BCUT2D eigenvalue weighted by Crippen LogP contribution is 2.34. The van der Waals surface area contributed by atoms with Crippen LogP contribution in [0.1, 0.15) is 39.9 Å². The maximum Gasteiger partial charge on any atom is 0.410 e. The number of aliphatic hydroxyl groups excluding tert-OH is 1. The van der Waals surface area contributed by atoms with Crippen molar-refractivity contribution in [1.29, 1.82) is 0 Å². The number of aliphatic hydroxyl groups is 1. The third-order valence-electron chi connectivity index (χ3n) is 4.95. The van der Waals surface area contributed by atoms with Crippen LogP contribution in [-0.2, 0) is 4.74 Å². The monoisotopic (exact) mass is 502 g/mol. The van der Waals surface area contributed by atoms with Gasteiger partial charge in [-0.2, -0.15) is 0 Å². The van der Waals surface area contributed by atoms with E-state index >= 15 is 0 Å². The van der Waals surface area contributed by atoms with Crippen molar-refractivity contribution in [2.75, 3.05) is 11.9 Å². The van der Waals surface area contributed by atoms with Gasteiger partial charge in [0.2, 0.25) is 0 Å². The molecule has 164 valence electrons. The smallest absolute Gasteiger partial charge is 0.410 e. The van der Waals surface area contributed by atoms with E-state index in [9.17, 15) is 14.3 Å². The Kier molecular flexibility index (Phi) is 6.46. The number of rotatable bonds is 3. The molecule has 0 aliphatic carbocycles. The molecule has 2 heterocycles. The second kappa shape index (κ2) is 8.43. The van der Waals surface area contributed by atoms with Gasteiger partial charge >= 0.3 is 6.09 Å². The van der Waals surface area contributed by atoms with Crippen LogP contribution in [0.25, 0.3) is 10.9 Å². The van der Waals surface area contributed by atoms with Crippen molar-refractivity contribution in [3.05, 3.63) is 27.2 Å². The lowest BCUT2D eigenvalue weighted by Gasteiger charge is -2.31. The second-order valence-electron chi connectivity index (χ2n) is 8.47. The number of benzene rings is 1. The van der Waals surface area contributed by atoms with Crippen molar-refractivity contribution in [1.82, 2.24) is 14.9 Å². The largest absolute Gasteiger partial charge is 0.444 e. The van der Waals surface area contributed by atoms with Gasteiger partial charge in [-0.1, -0.05) is 11.6 Å². The van der Waals surface area contributed by atoms with Crippen LogP contribution in [0.15, 0.2) is 10.5 Å². The SMILES string of the molecule is Cc1nc(NCC2CC(O)C(C)N2C(=O)OC(C)(C)C)c2cc(Cl)c(Br)c(F)c2n1. The molecule has 3 unspecified atom stereocenters. The summed E-state index contributed by atoms with van der Waals surface area (Å²) >= 11 is 9.25. The number of hydrogen-bond donors (Lipinski definition) is 2. The molecule has 0 radical (unpaired) electrons. The van der Waals surface area contributed by atoms with E-state index in [0.717, 1.165) is 0 Å². The van der Waals surface area contributed by atoms with E-state index in [1.165, 1.54) is 0 Å². The van der Waals surface area contributed by atoms with Crippen molar-refractivity contribution < 1.29 is 19.0 Å². The standard InChI is InChI=1S/C20H25BrClFN4O3/c1-9-14(28)6-11(27(9)19(29)30-20(3,4)5)8-24-18-12-7-13(22)15(21)16(23)17(12)25-10(2)26-18/h7,9,11,14,28H,6,8H2,1-5H3,(H,24,25,26). The quantitative estimate of drug-likeness (QED) is 0.592. The van der Waals surface area contributed by atoms with Crippen molar-refractivity contribution in [2.45, 2.75) is 64.8 Å². The summed E-state index contributed by atoms with van der Waals surface area (Å²) in [4.78, 5) is 22.8. The second-order valence-corrected chi connectivity index (χ2v) is 9.67. The molecule has 3 atom stereocenters. The minimum atomic E-state index is -0.670. The summed E-state index contributed by atoms with van der Waals surface area (Å²) in [6, 6.07) is 0.869. The molecule has 1 aromatic carbocycles. The van der Waals surface area contributed by atoms with Crippen molar-refractivity contribution in [3.8, 4) is 0 Å². The molecule has 1 saturated heterocycles. The summed E-state index contributed by atoms with van der Waals surface area (Å²) in [5, 5.41) is 14.1. The number of ether oxygens (including phenoxy) is 1. The number of amides is 1. The average Bonchev–Trinajstić information content (AvgIpc) is 2.91. The summed E-state index contributed by atoms with van der Waals surface area (Å²) in [6.07, 6.45) is -0.771. The van der Waals surface area contributed by atoms with Gasteiger partial charge in [-0.05, 0) is 63.0 Å². The number of nitrogens with one attached hydrogen (secondary N) is 1. The summed E-state index contributed by atoms with van der Waals surface area (Å²) in [6.45, 7) is 9.12. The van der Waals surface area contributed by atoms with Gasteiger partial charge < -0.3 is 15.2 Å². The van der Waals surface area contributed by atoms with E-state index in [0.29, 0.717) is 30.0 Å². The number of hydrogen-bond acceptors (Lipinski definition) is 6. The molecule has 1 aromatic heterocycles. The fraction of sp³-hybridized carbons (Fsp3) is 0.550. The Morgan fingerprint density at radius 3 is 2.77 bits per heavy atom. The van der Waals surface area contributed by atoms with Crippen LogP contribution in [0.2, 0.25) is 5.02 Å². The predicted molar refractivity (Wildman–Crippen MR) is 117 cm³/mol. The molecular formula is C20H25BrClFN4O3. The number of carbonyl (C=O) groups excluding carboxylic acids is 1. The van der Waals surface area contributed by atoms with Gasteiger partial charge in [-0.3, -0.25) is 4.90 Å². The van der Waals surface area contributed by atoms with Gasteiger partial charge in [0.05, 0.1) is 27.7 Å². The number of halogens is 3. The molecule has 2 N–H and O–H groups in total. The first-order chi connectivity index (χ1) is 13.9. The molecule has 10 heteroatoms. The maximum atomic E-state index is 14.6. The highest BCUT2D eigenvalue weighted by Gasteiger charge is 2.42. The van der Waals surface area contributed by atoms with E-state index in [1.807, 2.05) is 0 Å². The lowest BCUT2D eigenvalue weighted by atomic mass is 10.1. The van der Waals surface area contributed by atoms with Crippen LogP contribution in [0.5, 0.6) is 0 Å². The summed E-state index contributed by atoms with van der Waals surface area (Å²) in [5.41, 5.74) is -0.505. The molecule has 1 amide bonds. The lowest BCUT2D eigenvalue weighted by molar-refractivity contribution is 0.0119. The number of aromatic nitrogens is 2. The normalized spacial score (nSPS) is 21.9. The molecule has 2 aromatic rings. The molecule has 1 aliphatic rings. The Morgan fingerprint density at radius 2 is 2.13 bits per heavy atom. The summed E-state index contributed by atoms with van der Waals surface area (Å²) in [5.74, 6) is 0.234. The fourth-order valence-corrected chi connectivity index (χ4v) is 4.05. The van der Waals surface area contributed by atoms with E-state index in [-0.39, 0.29) is 21.1 Å². The zero-order valence-electron chi connectivity index (χ0n) is 17.5. The van der Waals surface area contributed by atoms with Crippen molar-refractivity contribution in [3.63, 3.8) is 0 Å². The zero-order chi connectivity index (χ0) is 22.4. The molecule has 7 nitrogen and oxygen atoms in total. The van der Waals surface area contributed by atoms with Crippen molar-refractivity contribution in [2.24, 2.45) is 0 Å². The molecule has 0 bridgehead atoms. The number of fused-ring (bicyclic) bond motifs is 1. The molecule has 30 heavy (non-hydrogen) atoms. The lowest BCUT2D eigenvalue weighted by Crippen LogP contribution is -2.46. The van der Waals surface area contributed by atoms with E-state index in [1.54, 1.807) is 45.6 Å². The Hall–Kier alpha value is -1.71. The minimum Gasteiger partial charge on any atom is -0.444 e. The van der Waals surface area contributed by atoms with E-state index in [2.05, 4.69) is 31.2 Å². The van der Waals surface area contributed by atoms with Gasteiger partial charge in [0.25, 0.3) is 0 Å². The first-order valence-corrected chi connectivity index (χ1v) is 10.8. The maximum absolute atomic E-state index is 14.6. The van der Waals surface area contributed by atoms with E-state index in [4.69, 9.17) is 16.3 Å². The highest BCUT2D eigenvalue weighted by molar-refractivity contribution is 9.10. The number of anilines is 1. The van der Waals surface area contributed by atoms with E-state index < -0.39 is 29.7 Å². The molecule has 3 rings (SSSR count).